The van der Waals surface area contributed by atoms with Gasteiger partial charge in [0.2, 0.25) is 0 Å². The van der Waals surface area contributed by atoms with Gasteiger partial charge in [0, 0.05) is 43.3 Å². The van der Waals surface area contributed by atoms with Gasteiger partial charge in [0.15, 0.2) is 11.2 Å². The Bertz CT molecular complexity index is 1050. The van der Waals surface area contributed by atoms with E-state index >= 15 is 0 Å². The van der Waals surface area contributed by atoms with Gasteiger partial charge in [0.05, 0.1) is 5.39 Å². The SMILES string of the molecule is Cc1nonc1CN1CCN(C(=O)c2cc(=O)c3ccc(Br)cc3o2)CC1. The van der Waals surface area contributed by atoms with E-state index in [9.17, 15) is 9.59 Å². The van der Waals surface area contributed by atoms with Crippen molar-refractivity contribution < 1.29 is 13.8 Å². The molecule has 2 aromatic heterocycles. The number of aryl methyl sites for hydroxylation is 1. The highest BCUT2D eigenvalue weighted by Crippen LogP contribution is 2.19. The number of hydrogen-bond acceptors (Lipinski definition) is 7. The molecule has 1 aromatic carbocycles. The van der Waals surface area contributed by atoms with Crippen LogP contribution in [0.5, 0.6) is 0 Å². The molecular formula is C18H17BrN4O4. The molecule has 1 amide bonds. The number of benzene rings is 1. The molecule has 4 rings (SSSR count). The van der Waals surface area contributed by atoms with Gasteiger partial charge in [-0.25, -0.2) is 4.63 Å². The van der Waals surface area contributed by atoms with Gasteiger partial charge in [-0.1, -0.05) is 26.2 Å². The van der Waals surface area contributed by atoms with E-state index in [1.165, 1.54) is 6.07 Å². The van der Waals surface area contributed by atoms with Crippen LogP contribution in [0.2, 0.25) is 0 Å². The summed E-state index contributed by atoms with van der Waals surface area (Å²) in [4.78, 5) is 29.0. The fraction of sp³-hybridized carbons (Fsp3) is 0.333. The van der Waals surface area contributed by atoms with Crippen LogP contribution in [0.1, 0.15) is 21.9 Å². The lowest BCUT2D eigenvalue weighted by Crippen LogP contribution is -2.48. The number of aromatic nitrogens is 2. The quantitative estimate of drug-likeness (QED) is 0.625. The van der Waals surface area contributed by atoms with Crippen molar-refractivity contribution in [3.8, 4) is 0 Å². The van der Waals surface area contributed by atoms with Crippen molar-refractivity contribution in [3.05, 3.63) is 56.1 Å². The highest BCUT2D eigenvalue weighted by molar-refractivity contribution is 9.10. The Balaban J connectivity index is 1.47. The Hall–Kier alpha value is -2.52. The van der Waals surface area contributed by atoms with E-state index in [1.807, 2.05) is 6.92 Å². The molecule has 9 heteroatoms. The van der Waals surface area contributed by atoms with Crippen LogP contribution in [0.3, 0.4) is 0 Å². The smallest absolute Gasteiger partial charge is 0.289 e. The fourth-order valence-corrected chi connectivity index (χ4v) is 3.44. The molecule has 27 heavy (non-hydrogen) atoms. The predicted octanol–water partition coefficient (Wildman–Crippen LogP) is 2.20. The zero-order valence-electron chi connectivity index (χ0n) is 14.6. The van der Waals surface area contributed by atoms with Gasteiger partial charge in [-0.15, -0.1) is 0 Å². The summed E-state index contributed by atoms with van der Waals surface area (Å²) >= 11 is 3.35. The second-order valence-corrected chi connectivity index (χ2v) is 7.40. The average molecular weight is 433 g/mol. The van der Waals surface area contributed by atoms with Crippen molar-refractivity contribution >= 4 is 32.8 Å². The molecule has 3 aromatic rings. The minimum absolute atomic E-state index is 0.0654. The first-order chi connectivity index (χ1) is 13.0. The number of rotatable bonds is 3. The predicted molar refractivity (Wildman–Crippen MR) is 100 cm³/mol. The second kappa shape index (κ2) is 7.24. The summed E-state index contributed by atoms with van der Waals surface area (Å²) in [6, 6.07) is 6.42. The monoisotopic (exact) mass is 432 g/mol. The van der Waals surface area contributed by atoms with Gasteiger partial charge in [0.25, 0.3) is 5.91 Å². The van der Waals surface area contributed by atoms with Crippen LogP contribution in [0.4, 0.5) is 0 Å². The molecule has 0 atom stereocenters. The largest absolute Gasteiger partial charge is 0.451 e. The second-order valence-electron chi connectivity index (χ2n) is 6.48. The molecule has 3 heterocycles. The van der Waals surface area contributed by atoms with Crippen LogP contribution in [-0.2, 0) is 6.54 Å². The van der Waals surface area contributed by atoms with Crippen LogP contribution in [0, 0.1) is 6.92 Å². The van der Waals surface area contributed by atoms with Crippen molar-refractivity contribution in [3.63, 3.8) is 0 Å². The van der Waals surface area contributed by atoms with Gasteiger partial charge in [0.1, 0.15) is 17.0 Å². The lowest BCUT2D eigenvalue weighted by molar-refractivity contribution is 0.0595. The Morgan fingerprint density at radius 1 is 1.19 bits per heavy atom. The molecule has 1 fully saturated rings. The summed E-state index contributed by atoms with van der Waals surface area (Å²) in [6.07, 6.45) is 0. The third-order valence-corrected chi connectivity index (χ3v) is 5.17. The minimum Gasteiger partial charge on any atom is -0.451 e. The Morgan fingerprint density at radius 2 is 1.96 bits per heavy atom. The van der Waals surface area contributed by atoms with Gasteiger partial charge in [-0.05, 0) is 25.1 Å². The zero-order valence-corrected chi connectivity index (χ0v) is 16.2. The molecule has 140 valence electrons. The van der Waals surface area contributed by atoms with Crippen LogP contribution >= 0.6 is 15.9 Å². The van der Waals surface area contributed by atoms with Crippen molar-refractivity contribution in [1.82, 2.24) is 20.1 Å². The minimum atomic E-state index is -0.270. The van der Waals surface area contributed by atoms with Crippen LogP contribution in [0.25, 0.3) is 11.0 Å². The third-order valence-electron chi connectivity index (χ3n) is 4.68. The molecule has 0 bridgehead atoms. The molecule has 0 N–H and O–H groups in total. The van der Waals surface area contributed by atoms with Crippen molar-refractivity contribution in [2.75, 3.05) is 26.2 Å². The molecule has 8 nitrogen and oxygen atoms in total. The van der Waals surface area contributed by atoms with Crippen molar-refractivity contribution in [1.29, 1.82) is 0 Å². The van der Waals surface area contributed by atoms with Gasteiger partial charge in [-0.3, -0.25) is 14.5 Å². The third kappa shape index (κ3) is 3.65. The number of carbonyl (C=O) groups excluding carboxylic acids is 1. The van der Waals surface area contributed by atoms with E-state index in [4.69, 9.17) is 9.05 Å². The summed E-state index contributed by atoms with van der Waals surface area (Å²) in [5.74, 6) is -0.205. The number of fused-ring (bicyclic) bond motifs is 1. The Labute approximate surface area is 162 Å². The van der Waals surface area contributed by atoms with Crippen molar-refractivity contribution in [2.45, 2.75) is 13.5 Å². The normalized spacial score (nSPS) is 15.4. The topological polar surface area (TPSA) is 92.7 Å². The average Bonchev–Trinajstić information content (AvgIpc) is 3.06. The van der Waals surface area contributed by atoms with Crippen LogP contribution < -0.4 is 5.43 Å². The molecule has 0 unspecified atom stereocenters. The van der Waals surface area contributed by atoms with E-state index in [0.717, 1.165) is 15.9 Å². The van der Waals surface area contributed by atoms with Crippen LogP contribution in [0.15, 0.2) is 42.6 Å². The van der Waals surface area contributed by atoms with Gasteiger partial charge < -0.3 is 9.32 Å². The summed E-state index contributed by atoms with van der Waals surface area (Å²) in [7, 11) is 0. The van der Waals surface area contributed by atoms with E-state index in [1.54, 1.807) is 23.1 Å². The lowest BCUT2D eigenvalue weighted by Gasteiger charge is -2.33. The maximum atomic E-state index is 12.8. The molecule has 1 aliphatic heterocycles. The lowest BCUT2D eigenvalue weighted by atomic mass is 10.2. The molecular weight excluding hydrogens is 416 g/mol. The van der Waals surface area contributed by atoms with E-state index in [0.29, 0.717) is 43.7 Å². The summed E-state index contributed by atoms with van der Waals surface area (Å²) in [5.41, 5.74) is 1.76. The molecule has 1 aliphatic rings. The maximum absolute atomic E-state index is 12.8. The van der Waals surface area contributed by atoms with Crippen LogP contribution in [-0.4, -0.2) is 52.2 Å². The van der Waals surface area contributed by atoms with E-state index in [2.05, 4.69) is 31.1 Å². The molecule has 0 spiro atoms. The maximum Gasteiger partial charge on any atom is 0.289 e. The zero-order chi connectivity index (χ0) is 19.0. The first-order valence-corrected chi connectivity index (χ1v) is 9.33. The fourth-order valence-electron chi connectivity index (χ4n) is 3.10. The number of carbonyl (C=O) groups is 1. The summed E-state index contributed by atoms with van der Waals surface area (Å²) in [5, 5.41) is 8.13. The van der Waals surface area contributed by atoms with Gasteiger partial charge in [-0.2, -0.15) is 0 Å². The number of nitrogens with zero attached hydrogens (tertiary/aromatic N) is 4. The highest BCUT2D eigenvalue weighted by Gasteiger charge is 2.25. The number of amides is 1. The number of hydrogen-bond donors (Lipinski definition) is 0. The first kappa shape index (κ1) is 17.9. The molecule has 0 saturated carbocycles. The Morgan fingerprint density at radius 3 is 2.67 bits per heavy atom. The molecule has 1 saturated heterocycles. The number of piperazine rings is 1. The van der Waals surface area contributed by atoms with Gasteiger partial charge >= 0.3 is 0 Å². The Kier molecular flexibility index (Phi) is 4.79. The number of halogens is 1. The first-order valence-electron chi connectivity index (χ1n) is 8.54. The van der Waals surface area contributed by atoms with Crippen molar-refractivity contribution in [2.24, 2.45) is 0 Å². The highest BCUT2D eigenvalue weighted by atomic mass is 79.9. The standard InChI is InChI=1S/C18H17BrN4O4/c1-11-14(21-27-20-11)10-22-4-6-23(7-5-22)18(25)17-9-15(24)13-3-2-12(19)8-16(13)26-17/h2-3,8-9H,4-7,10H2,1H3. The summed E-state index contributed by atoms with van der Waals surface area (Å²) < 4.78 is 11.2. The van der Waals surface area contributed by atoms with E-state index in [-0.39, 0.29) is 17.1 Å². The molecule has 0 aliphatic carbocycles. The summed E-state index contributed by atoms with van der Waals surface area (Å²) in [6.45, 7) is 4.97. The molecule has 0 radical (unpaired) electrons. The van der Waals surface area contributed by atoms with E-state index < -0.39 is 0 Å².